The van der Waals surface area contributed by atoms with Gasteiger partial charge in [0.05, 0.1) is 0 Å². The molecule has 0 spiro atoms. The zero-order chi connectivity index (χ0) is 2.00. The molecule has 0 unspecified atom stereocenters. The zero-order valence-corrected chi connectivity index (χ0v) is 6.82. The summed E-state index contributed by atoms with van der Waals surface area (Å²) >= 11 is 2.83. The second-order valence-corrected chi connectivity index (χ2v) is 0. The average Bonchev–Trinajstić information content (AvgIpc) is 1.00. The third-order valence-corrected chi connectivity index (χ3v) is 0. The van der Waals surface area contributed by atoms with E-state index in [9.17, 15) is 0 Å². The Balaban J connectivity index is -0.00000000500. The van der Waals surface area contributed by atoms with Crippen LogP contribution >= 0.6 is 0 Å². The first-order valence-electron chi connectivity index (χ1n) is 0.167. The van der Waals surface area contributed by atoms with Gasteiger partial charge in [-0.3, -0.25) is 0 Å². The normalized spacial score (nSPS) is 1.00. The molecule has 0 fully saturated rings. The second kappa shape index (κ2) is 27.9. The van der Waals surface area contributed by atoms with Gasteiger partial charge in [-0.15, -0.1) is 0 Å². The molecule has 0 amide bonds. The Bertz CT molecular complexity index is 8.00. The molecule has 0 rings (SSSR count). The molecule has 0 aromatic carbocycles. The largest absolute Gasteiger partial charge is 0.197 e. The molecule has 0 atom stereocenters. The molecule has 0 aromatic heterocycles. The van der Waals surface area contributed by atoms with Gasteiger partial charge in [0.15, 0.2) is 12.5 Å². The Morgan fingerprint density at radius 2 is 1.25 bits per heavy atom. The van der Waals surface area contributed by atoms with E-state index in [0.717, 1.165) is 0 Å². The predicted molar refractivity (Wildman–Crippen MR) is 8.14 cm³/mol. The summed E-state index contributed by atoms with van der Waals surface area (Å²) in [6, 6.07) is 0. The van der Waals surface area contributed by atoms with Gasteiger partial charge < -0.3 is 0 Å². The van der Waals surface area contributed by atoms with Gasteiger partial charge >= 0.3 is 0 Å². The molecule has 23 valence electrons. The minimum atomic E-state index is 0. The van der Waals surface area contributed by atoms with Crippen LogP contribution in [-0.2, 0) is 52.2 Å². The van der Waals surface area contributed by atoms with Crippen molar-refractivity contribution >= 4 is 12.5 Å². The van der Waals surface area contributed by atoms with Crippen LogP contribution in [0.3, 0.4) is 0 Å². The Hall–Kier alpha value is 1.29. The molecule has 0 aliphatic heterocycles. The molecule has 1 radical (unpaired) electrons. The summed E-state index contributed by atoms with van der Waals surface area (Å²) in [5.74, 6) is 0. The smallest absolute Gasteiger partial charge is 0.197 e. The van der Waals surface area contributed by atoms with Crippen molar-refractivity contribution in [2.45, 2.75) is 0 Å². The number of hydrogen-bond donors (Lipinski definition) is 0. The van der Waals surface area contributed by atoms with Crippen LogP contribution in [-0.4, -0.2) is 4.21 Å². The van der Waals surface area contributed by atoms with Crippen LogP contribution in [0.5, 0.6) is 0 Å². The minimum absolute atomic E-state index is 0. The van der Waals surface area contributed by atoms with E-state index in [1.165, 1.54) is 0 Å². The van der Waals surface area contributed by atoms with Crippen molar-refractivity contribution < 1.29 is 43.8 Å². The van der Waals surface area contributed by atoms with Crippen LogP contribution < -0.4 is 0 Å². The molecule has 0 aliphatic carbocycles. The molecule has 1 nitrogen and oxygen atoms in total. The number of hydrogen-bond acceptors (Lipinski definition) is 2. The van der Waals surface area contributed by atoms with E-state index in [-0.39, 0.29) is 39.6 Å². The van der Waals surface area contributed by atoms with Crippen LogP contribution in [0, 0.1) is 0 Å². The van der Waals surface area contributed by atoms with Gasteiger partial charge in [-0.25, -0.2) is 0 Å². The summed E-state index contributed by atoms with van der Waals surface area (Å²) in [5, 5.41) is 0. The first kappa shape index (κ1) is 18.6. The summed E-state index contributed by atoms with van der Waals surface area (Å²) in [6.45, 7) is 0. The summed E-state index contributed by atoms with van der Waals surface area (Å²) in [5.41, 5.74) is 0. The molecule has 0 aromatic rings. The van der Waals surface area contributed by atoms with Gasteiger partial charge in [-0.05, 0) is 0 Å². The summed E-state index contributed by atoms with van der Waals surface area (Å²) in [6.07, 6.45) is 0. The van der Waals surface area contributed by atoms with E-state index in [2.05, 4.69) is 12.5 Å². The van der Waals surface area contributed by atoms with Crippen molar-refractivity contribution in [2.24, 2.45) is 0 Å². The van der Waals surface area contributed by atoms with Gasteiger partial charge in [0.25, 0.3) is 0 Å². The van der Waals surface area contributed by atoms with Gasteiger partial charge in [-0.1, -0.05) is 0 Å². The van der Waals surface area contributed by atoms with Crippen LogP contribution in [0.25, 0.3) is 0 Å². The molecule has 4 heavy (non-hydrogen) atoms. The summed E-state index contributed by atoms with van der Waals surface area (Å²) in [4.78, 5) is 0. The third-order valence-electron chi connectivity index (χ3n) is 0. The maximum atomic E-state index is 7.83. The maximum Gasteiger partial charge on any atom is 0.197 e. The Morgan fingerprint density at radius 3 is 1.25 bits per heavy atom. The third kappa shape index (κ3) is 10.4. The van der Waals surface area contributed by atoms with Gasteiger partial charge in [0.2, 0.25) is 0 Å². The summed E-state index contributed by atoms with van der Waals surface area (Å²) < 4.78 is 7.83. The van der Waals surface area contributed by atoms with E-state index >= 15 is 0 Å². The first-order valence-corrected chi connectivity index (χ1v) is 0.500. The predicted octanol–water partition coefficient (Wildman–Crippen LogP) is -0.341. The van der Waals surface area contributed by atoms with Crippen molar-refractivity contribution in [3.63, 3.8) is 0 Å². The Labute approximate surface area is 56.2 Å². The standard InChI is InChI=1S/OS.V.W/c1-2;;. The molecule has 0 aliphatic rings. The van der Waals surface area contributed by atoms with Crippen LogP contribution in [0.2, 0.25) is 0 Å². The molecule has 0 N–H and O–H groups in total. The van der Waals surface area contributed by atoms with Crippen LogP contribution in [0.15, 0.2) is 0 Å². The molecule has 0 heterocycles. The number of rotatable bonds is 0. The fraction of sp³-hybridized carbons (Fsp3) is 0. The van der Waals surface area contributed by atoms with Gasteiger partial charge in [0, 0.05) is 39.6 Å². The van der Waals surface area contributed by atoms with E-state index in [1.54, 1.807) is 0 Å². The topological polar surface area (TPSA) is 17.1 Å². The van der Waals surface area contributed by atoms with E-state index in [0.29, 0.717) is 0 Å². The minimum Gasteiger partial charge on any atom is -0.197 e. The van der Waals surface area contributed by atoms with E-state index in [4.69, 9.17) is 4.21 Å². The van der Waals surface area contributed by atoms with E-state index in [1.807, 2.05) is 0 Å². The quantitative estimate of drug-likeness (QED) is 0.605. The molecule has 0 bridgehead atoms. The second-order valence-electron chi connectivity index (χ2n) is 0. The van der Waals surface area contributed by atoms with Crippen molar-refractivity contribution in [1.29, 1.82) is 0 Å². The maximum absolute atomic E-state index is 7.83. The van der Waals surface area contributed by atoms with Crippen molar-refractivity contribution in [3.8, 4) is 0 Å². The average molecular weight is 283 g/mol. The zero-order valence-electron chi connectivity index (χ0n) is 1.67. The molecule has 4 heteroatoms. The molecule has 0 saturated heterocycles. The fourth-order valence-corrected chi connectivity index (χ4v) is 0. The van der Waals surface area contributed by atoms with Crippen LogP contribution in [0.4, 0.5) is 0 Å². The first-order chi connectivity index (χ1) is 1.00. The fourth-order valence-electron chi connectivity index (χ4n) is 0. The molecular weight excluding hydrogens is 283 g/mol. The van der Waals surface area contributed by atoms with Crippen molar-refractivity contribution in [3.05, 3.63) is 0 Å². The Kier molecular flexibility index (Phi) is 129. The van der Waals surface area contributed by atoms with Crippen molar-refractivity contribution in [2.75, 3.05) is 0 Å². The van der Waals surface area contributed by atoms with Crippen molar-refractivity contribution in [1.82, 2.24) is 0 Å². The van der Waals surface area contributed by atoms with Gasteiger partial charge in [-0.2, -0.15) is 4.21 Å². The molecular formula is OSVW. The molecule has 0 saturated carbocycles. The summed E-state index contributed by atoms with van der Waals surface area (Å²) in [7, 11) is 0. The van der Waals surface area contributed by atoms with Crippen LogP contribution in [0.1, 0.15) is 0 Å². The Morgan fingerprint density at radius 1 is 1.25 bits per heavy atom. The monoisotopic (exact) mass is 283 g/mol. The SMILES string of the molecule is O=S.[V].[W]. The van der Waals surface area contributed by atoms with E-state index < -0.39 is 0 Å². The van der Waals surface area contributed by atoms with Gasteiger partial charge in [0.1, 0.15) is 0 Å².